The number of hydrogen-bond acceptors (Lipinski definition) is 3. The van der Waals surface area contributed by atoms with E-state index in [0.29, 0.717) is 5.56 Å². The second-order valence-corrected chi connectivity index (χ2v) is 9.16. The Morgan fingerprint density at radius 1 is 0.860 bits per heavy atom. The van der Waals surface area contributed by atoms with Crippen molar-refractivity contribution in [1.82, 2.24) is 0 Å². The molecule has 3 aromatic carbocycles. The van der Waals surface area contributed by atoms with E-state index >= 15 is 4.39 Å². The number of ether oxygens (including phenoxy) is 1. The van der Waals surface area contributed by atoms with Gasteiger partial charge in [-0.2, -0.15) is 35.1 Å². The lowest BCUT2D eigenvalue weighted by Gasteiger charge is -2.31. The van der Waals surface area contributed by atoms with Crippen LogP contribution in [-0.2, 0) is 5.67 Å². The van der Waals surface area contributed by atoms with Crippen LogP contribution in [0.5, 0.6) is 5.75 Å². The van der Waals surface area contributed by atoms with E-state index in [9.17, 15) is 49.1 Å². The van der Waals surface area contributed by atoms with E-state index in [1.807, 2.05) is 5.32 Å². The van der Waals surface area contributed by atoms with E-state index in [4.69, 9.17) is 0 Å². The Kier molecular flexibility index (Phi) is 9.37. The highest BCUT2D eigenvalue weighted by molar-refractivity contribution is 6.09. The number of aryl methyl sites for hydroxylation is 2. The molecule has 0 saturated carbocycles. The zero-order valence-electron chi connectivity index (χ0n) is 22.4. The number of anilines is 2. The number of hydrogen-bond donors (Lipinski definition) is 1. The Bertz CT molecular complexity index is 1510. The molecule has 15 heteroatoms. The summed E-state index contributed by atoms with van der Waals surface area (Å²) in [5.41, 5.74) is -10.1. The molecule has 0 atom stereocenters. The fourth-order valence-corrected chi connectivity index (χ4v) is 4.26. The predicted octanol–water partition coefficient (Wildman–Crippen LogP) is 8.25. The summed E-state index contributed by atoms with van der Waals surface area (Å²) in [7, 11) is 0. The first-order valence-electron chi connectivity index (χ1n) is 12.2. The highest BCUT2D eigenvalue weighted by Crippen LogP contribution is 2.54. The summed E-state index contributed by atoms with van der Waals surface area (Å²) in [5.74, 6) is -4.73. The third kappa shape index (κ3) is 6.39. The number of carbonyl (C=O) groups is 2. The number of amides is 2. The third-order valence-electron chi connectivity index (χ3n) is 6.38. The fourth-order valence-electron chi connectivity index (χ4n) is 4.26. The average molecular weight is 624 g/mol. The van der Waals surface area contributed by atoms with Crippen LogP contribution in [-0.4, -0.2) is 37.3 Å². The Hall–Kier alpha value is -4.30. The molecule has 3 rings (SSSR count). The van der Waals surface area contributed by atoms with Crippen LogP contribution in [0.15, 0.2) is 54.6 Å². The van der Waals surface area contributed by atoms with E-state index in [1.54, 1.807) is 25.1 Å². The van der Waals surface area contributed by atoms with Gasteiger partial charge in [0.1, 0.15) is 5.75 Å². The molecule has 43 heavy (non-hydrogen) atoms. The molecule has 0 radical (unpaired) electrons. The summed E-state index contributed by atoms with van der Waals surface area (Å²) < 4.78 is 140. The first kappa shape index (κ1) is 33.2. The van der Waals surface area contributed by atoms with Crippen molar-refractivity contribution in [1.29, 1.82) is 0 Å². The van der Waals surface area contributed by atoms with Crippen LogP contribution < -0.4 is 15.0 Å². The summed E-state index contributed by atoms with van der Waals surface area (Å²) in [5, 5.41) is 1.93. The summed E-state index contributed by atoms with van der Waals surface area (Å²) in [6.07, 6.45) is -13.1. The molecule has 0 aliphatic rings. The molecule has 0 aliphatic heterocycles. The number of nitrogens with zero attached hydrogens (tertiary/aromatic N) is 1. The number of benzene rings is 3. The Morgan fingerprint density at radius 2 is 1.44 bits per heavy atom. The van der Waals surface area contributed by atoms with Gasteiger partial charge < -0.3 is 15.0 Å². The van der Waals surface area contributed by atoms with E-state index in [1.165, 1.54) is 25.1 Å². The van der Waals surface area contributed by atoms with Crippen molar-refractivity contribution in [2.75, 3.05) is 16.8 Å². The van der Waals surface area contributed by atoms with Crippen molar-refractivity contribution in [3.63, 3.8) is 0 Å². The Morgan fingerprint density at radius 3 is 1.98 bits per heavy atom. The quantitative estimate of drug-likeness (QED) is 0.257. The van der Waals surface area contributed by atoms with Crippen molar-refractivity contribution in [2.24, 2.45) is 0 Å². The molecule has 0 bridgehead atoms. The molecule has 2 amide bonds. The molecule has 0 aromatic heterocycles. The molecule has 3 aromatic rings. The van der Waals surface area contributed by atoms with Gasteiger partial charge in [0.15, 0.2) is 5.82 Å². The second kappa shape index (κ2) is 12.1. The van der Waals surface area contributed by atoms with E-state index in [0.717, 1.165) is 17.9 Å². The summed E-state index contributed by atoms with van der Waals surface area (Å²) >= 11 is 0. The van der Waals surface area contributed by atoms with Crippen LogP contribution in [0.2, 0.25) is 0 Å². The SMILES string of the molecule is CCN(C(=O)c1ccccc1C)c1cccc(C(=O)Nc2c(C)cc(C(F)(C(F)(F)F)C(F)(F)F)cc2OC(F)F)c1F. The van der Waals surface area contributed by atoms with Gasteiger partial charge in [0.2, 0.25) is 0 Å². The van der Waals surface area contributed by atoms with Crippen molar-refractivity contribution in [3.05, 3.63) is 88.2 Å². The zero-order valence-corrected chi connectivity index (χ0v) is 22.4. The van der Waals surface area contributed by atoms with Gasteiger partial charge in [-0.05, 0) is 62.2 Å². The van der Waals surface area contributed by atoms with Crippen LogP contribution in [0.1, 0.15) is 44.3 Å². The number of carbonyl (C=O) groups excluding carboxylic acids is 2. The highest BCUT2D eigenvalue weighted by Gasteiger charge is 2.73. The molecule has 0 spiro atoms. The van der Waals surface area contributed by atoms with Gasteiger partial charge >= 0.3 is 24.6 Å². The molecule has 0 unspecified atom stereocenters. The van der Waals surface area contributed by atoms with Crippen LogP contribution in [0, 0.1) is 19.7 Å². The monoisotopic (exact) mass is 624 g/mol. The van der Waals surface area contributed by atoms with E-state index in [-0.39, 0.29) is 29.9 Å². The Balaban J connectivity index is 2.08. The summed E-state index contributed by atoms with van der Waals surface area (Å²) in [4.78, 5) is 27.2. The summed E-state index contributed by atoms with van der Waals surface area (Å²) in [6.45, 7) is 0.0581. The standard InChI is InChI=1S/C28H22F10N2O3/c1-4-40(24(42)17-9-6-5-8-14(17)2)19-11-7-10-18(21(19)29)23(41)39-22-15(3)12-16(13-20(22)43-25(30)31)26(32,27(33,34)35)28(36,37)38/h5-13,25H,4H2,1-3H3,(H,39,41). The maximum atomic E-state index is 15.6. The fraction of sp³-hybridized carbons (Fsp3) is 0.286. The molecular weight excluding hydrogens is 602 g/mol. The van der Waals surface area contributed by atoms with Crippen LogP contribution in [0.4, 0.5) is 55.3 Å². The lowest BCUT2D eigenvalue weighted by atomic mass is 9.92. The maximum Gasteiger partial charge on any atom is 0.435 e. The second-order valence-electron chi connectivity index (χ2n) is 9.16. The number of alkyl halides is 9. The van der Waals surface area contributed by atoms with Crippen molar-refractivity contribution >= 4 is 23.2 Å². The molecule has 0 saturated heterocycles. The summed E-state index contributed by atoms with van der Waals surface area (Å²) in [6, 6.07) is 9.44. The first-order chi connectivity index (χ1) is 19.8. The van der Waals surface area contributed by atoms with Gasteiger partial charge in [0.05, 0.1) is 16.9 Å². The van der Waals surface area contributed by atoms with Crippen molar-refractivity contribution in [2.45, 2.75) is 45.4 Å². The van der Waals surface area contributed by atoms with E-state index < -0.39 is 70.4 Å². The van der Waals surface area contributed by atoms with Gasteiger partial charge in [0.25, 0.3) is 11.8 Å². The normalized spacial score (nSPS) is 12.3. The molecular formula is C28H22F10N2O3. The van der Waals surface area contributed by atoms with Gasteiger partial charge in [-0.1, -0.05) is 24.3 Å². The van der Waals surface area contributed by atoms with Gasteiger partial charge in [-0.3, -0.25) is 9.59 Å². The molecule has 232 valence electrons. The minimum Gasteiger partial charge on any atom is -0.433 e. The number of nitrogens with one attached hydrogen (secondary N) is 1. The van der Waals surface area contributed by atoms with Crippen LogP contribution in [0.25, 0.3) is 0 Å². The minimum atomic E-state index is -6.56. The molecule has 0 heterocycles. The topological polar surface area (TPSA) is 58.6 Å². The van der Waals surface area contributed by atoms with Gasteiger partial charge in [0, 0.05) is 17.7 Å². The van der Waals surface area contributed by atoms with E-state index in [2.05, 4.69) is 4.74 Å². The first-order valence-corrected chi connectivity index (χ1v) is 12.2. The lowest BCUT2D eigenvalue weighted by molar-refractivity contribution is -0.348. The lowest BCUT2D eigenvalue weighted by Crippen LogP contribution is -2.50. The third-order valence-corrected chi connectivity index (χ3v) is 6.38. The minimum absolute atomic E-state index is 0.0430. The predicted molar refractivity (Wildman–Crippen MR) is 136 cm³/mol. The smallest absolute Gasteiger partial charge is 0.433 e. The van der Waals surface area contributed by atoms with Gasteiger partial charge in [-0.25, -0.2) is 8.78 Å². The zero-order chi connectivity index (χ0) is 32.5. The maximum absolute atomic E-state index is 15.6. The molecule has 1 N–H and O–H groups in total. The average Bonchev–Trinajstić information content (AvgIpc) is 2.89. The largest absolute Gasteiger partial charge is 0.435 e. The van der Waals surface area contributed by atoms with Crippen LogP contribution >= 0.6 is 0 Å². The highest BCUT2D eigenvalue weighted by atomic mass is 19.4. The number of rotatable bonds is 8. The van der Waals surface area contributed by atoms with Crippen molar-refractivity contribution < 1.29 is 58.2 Å². The van der Waals surface area contributed by atoms with Crippen LogP contribution in [0.3, 0.4) is 0 Å². The molecule has 0 aliphatic carbocycles. The molecule has 5 nitrogen and oxygen atoms in total. The Labute approximate surface area is 238 Å². The van der Waals surface area contributed by atoms with Gasteiger partial charge in [-0.15, -0.1) is 0 Å². The number of halogens is 10. The molecule has 0 fully saturated rings. The van der Waals surface area contributed by atoms with Crippen molar-refractivity contribution in [3.8, 4) is 5.75 Å².